The van der Waals surface area contributed by atoms with Crippen LogP contribution in [0.15, 0.2) is 79.1 Å². The van der Waals surface area contributed by atoms with Crippen LogP contribution in [0.3, 0.4) is 0 Å². The van der Waals surface area contributed by atoms with E-state index in [0.29, 0.717) is 17.8 Å². The van der Waals surface area contributed by atoms with Crippen molar-refractivity contribution in [2.45, 2.75) is 19.4 Å². The number of aliphatic hydroxyl groups excluding tert-OH is 1. The van der Waals surface area contributed by atoms with Gasteiger partial charge in [-0.2, -0.15) is 5.10 Å². The number of aliphatic hydroxyl groups is 1. The van der Waals surface area contributed by atoms with Crippen LogP contribution in [-0.2, 0) is 11.3 Å². The summed E-state index contributed by atoms with van der Waals surface area (Å²) in [6, 6.07) is 20.8. The van der Waals surface area contributed by atoms with Crippen molar-refractivity contribution in [3.8, 4) is 5.69 Å². The SMILES string of the molecule is O=C(Nc1ccc2c(cnn2-c2ccc(NC(=O)C3CC3)cc2)c1)c1ccc2c(ccn2CCO)c1. The second-order valence-corrected chi connectivity index (χ2v) is 9.10. The normalized spacial score (nSPS) is 13.2. The molecule has 8 heteroatoms. The smallest absolute Gasteiger partial charge is 0.255 e. The number of aromatic nitrogens is 3. The molecule has 0 aliphatic heterocycles. The van der Waals surface area contributed by atoms with Crippen LogP contribution in [0.1, 0.15) is 23.2 Å². The molecule has 1 aliphatic carbocycles. The highest BCUT2D eigenvalue weighted by Crippen LogP contribution is 2.30. The topological polar surface area (TPSA) is 101 Å². The van der Waals surface area contributed by atoms with Crippen molar-refractivity contribution < 1.29 is 14.7 Å². The van der Waals surface area contributed by atoms with Crippen LogP contribution in [0.5, 0.6) is 0 Å². The summed E-state index contributed by atoms with van der Waals surface area (Å²) in [6.45, 7) is 0.582. The minimum atomic E-state index is -0.192. The molecule has 1 saturated carbocycles. The van der Waals surface area contributed by atoms with Crippen LogP contribution >= 0.6 is 0 Å². The summed E-state index contributed by atoms with van der Waals surface area (Å²) in [5.41, 5.74) is 4.80. The highest BCUT2D eigenvalue weighted by molar-refractivity contribution is 6.07. The fourth-order valence-electron chi connectivity index (χ4n) is 4.44. The van der Waals surface area contributed by atoms with Crippen LogP contribution in [-0.4, -0.2) is 37.9 Å². The largest absolute Gasteiger partial charge is 0.395 e. The van der Waals surface area contributed by atoms with Crippen LogP contribution in [0.4, 0.5) is 11.4 Å². The van der Waals surface area contributed by atoms with E-state index in [2.05, 4.69) is 15.7 Å². The van der Waals surface area contributed by atoms with Gasteiger partial charge in [0.15, 0.2) is 0 Å². The highest BCUT2D eigenvalue weighted by Gasteiger charge is 2.29. The summed E-state index contributed by atoms with van der Waals surface area (Å²) in [4.78, 5) is 24.9. The Kier molecular flexibility index (Phi) is 5.50. The van der Waals surface area contributed by atoms with Crippen molar-refractivity contribution >= 4 is 45.0 Å². The first kappa shape index (κ1) is 22.1. The zero-order chi connectivity index (χ0) is 24.6. The first-order chi connectivity index (χ1) is 17.6. The molecule has 0 atom stereocenters. The lowest BCUT2D eigenvalue weighted by Crippen LogP contribution is -2.13. The van der Waals surface area contributed by atoms with Crippen LogP contribution in [0.2, 0.25) is 0 Å². The lowest BCUT2D eigenvalue weighted by molar-refractivity contribution is -0.117. The molecule has 3 N–H and O–H groups in total. The van der Waals surface area contributed by atoms with Crippen molar-refractivity contribution in [3.05, 3.63) is 84.7 Å². The van der Waals surface area contributed by atoms with Crippen molar-refractivity contribution in [1.82, 2.24) is 14.3 Å². The summed E-state index contributed by atoms with van der Waals surface area (Å²) in [5, 5.41) is 21.5. The summed E-state index contributed by atoms with van der Waals surface area (Å²) >= 11 is 0. The number of anilines is 2. The number of hydrogen-bond acceptors (Lipinski definition) is 4. The average molecular weight is 480 g/mol. The molecule has 8 nitrogen and oxygen atoms in total. The second-order valence-electron chi connectivity index (χ2n) is 9.10. The minimum Gasteiger partial charge on any atom is -0.395 e. The molecule has 2 amide bonds. The number of benzene rings is 3. The molecule has 1 fully saturated rings. The Balaban J connectivity index is 1.18. The van der Waals surface area contributed by atoms with E-state index in [4.69, 9.17) is 0 Å². The number of fused-ring (bicyclic) bond motifs is 2. The predicted octanol–water partition coefficient (Wildman–Crippen LogP) is 4.57. The lowest BCUT2D eigenvalue weighted by atomic mass is 10.1. The number of nitrogens with zero attached hydrogens (tertiary/aromatic N) is 3. The van der Waals surface area contributed by atoms with E-state index in [1.165, 1.54) is 0 Å². The predicted molar refractivity (Wildman–Crippen MR) is 139 cm³/mol. The number of carbonyl (C=O) groups is 2. The van der Waals surface area contributed by atoms with Crippen LogP contribution in [0.25, 0.3) is 27.5 Å². The number of rotatable bonds is 7. The molecule has 6 rings (SSSR count). The van der Waals surface area contributed by atoms with Crippen LogP contribution in [0, 0.1) is 5.92 Å². The third-order valence-electron chi connectivity index (χ3n) is 6.53. The first-order valence-corrected chi connectivity index (χ1v) is 12.0. The van der Waals surface area contributed by atoms with Gasteiger partial charge >= 0.3 is 0 Å². The standard InChI is InChI=1S/C28H25N5O3/c34-14-13-32-12-11-19-15-20(3-9-25(19)32)28(36)31-23-6-10-26-21(16-23)17-29-33(26)24-7-4-22(5-8-24)30-27(35)18-1-2-18/h3-12,15-18,34H,1-2,13-14H2,(H,30,35)(H,31,36). The molecule has 2 aromatic heterocycles. The molecule has 0 bridgehead atoms. The maximum Gasteiger partial charge on any atom is 0.255 e. The quantitative estimate of drug-likeness (QED) is 0.318. The minimum absolute atomic E-state index is 0.0645. The maximum atomic E-state index is 12.9. The summed E-state index contributed by atoms with van der Waals surface area (Å²) in [5.74, 6) is 0.0560. The third-order valence-corrected chi connectivity index (χ3v) is 6.53. The molecule has 3 aromatic carbocycles. The van der Waals surface area contributed by atoms with Gasteiger partial charge in [0.1, 0.15) is 0 Å². The average Bonchev–Trinajstić information content (AvgIpc) is 3.56. The maximum absolute atomic E-state index is 12.9. The van der Waals surface area contributed by atoms with Gasteiger partial charge in [0.2, 0.25) is 5.91 Å². The zero-order valence-electron chi connectivity index (χ0n) is 19.5. The Bertz CT molecular complexity index is 1600. The Morgan fingerprint density at radius 2 is 1.67 bits per heavy atom. The van der Waals surface area contributed by atoms with Gasteiger partial charge in [0, 0.05) is 51.9 Å². The van der Waals surface area contributed by atoms with Gasteiger partial charge in [0.05, 0.1) is 24.0 Å². The monoisotopic (exact) mass is 479 g/mol. The third kappa shape index (κ3) is 4.23. The number of amides is 2. The Hall–Kier alpha value is -4.43. The Labute approximate surface area is 207 Å². The van der Waals surface area contributed by atoms with E-state index in [1.807, 2.05) is 76.1 Å². The molecular formula is C28H25N5O3. The molecule has 0 radical (unpaired) electrons. The number of nitrogens with one attached hydrogen (secondary N) is 2. The Morgan fingerprint density at radius 1 is 0.889 bits per heavy atom. The second kappa shape index (κ2) is 8.98. The molecule has 1 aliphatic rings. The van der Waals surface area contributed by atoms with Gasteiger partial charge in [-0.05, 0) is 79.6 Å². The first-order valence-electron chi connectivity index (χ1n) is 12.0. The van der Waals surface area contributed by atoms with E-state index in [0.717, 1.165) is 46.0 Å². The zero-order valence-corrected chi connectivity index (χ0v) is 19.5. The van der Waals surface area contributed by atoms with Crippen molar-refractivity contribution in [2.24, 2.45) is 5.92 Å². The van der Waals surface area contributed by atoms with E-state index < -0.39 is 0 Å². The van der Waals surface area contributed by atoms with Crippen molar-refractivity contribution in [3.63, 3.8) is 0 Å². The fraction of sp³-hybridized carbons (Fsp3) is 0.179. The van der Waals surface area contributed by atoms with Crippen LogP contribution < -0.4 is 10.6 Å². The van der Waals surface area contributed by atoms with Gasteiger partial charge in [-0.25, -0.2) is 4.68 Å². The van der Waals surface area contributed by atoms with Crippen molar-refractivity contribution in [2.75, 3.05) is 17.2 Å². The van der Waals surface area contributed by atoms with E-state index in [9.17, 15) is 14.7 Å². The van der Waals surface area contributed by atoms with Gasteiger partial charge in [0.25, 0.3) is 5.91 Å². The van der Waals surface area contributed by atoms with Gasteiger partial charge in [-0.3, -0.25) is 9.59 Å². The van der Waals surface area contributed by atoms with E-state index in [1.54, 1.807) is 12.3 Å². The molecule has 2 heterocycles. The number of carbonyl (C=O) groups excluding carboxylic acids is 2. The van der Waals surface area contributed by atoms with E-state index >= 15 is 0 Å². The molecular weight excluding hydrogens is 454 g/mol. The molecule has 36 heavy (non-hydrogen) atoms. The summed E-state index contributed by atoms with van der Waals surface area (Å²) in [7, 11) is 0. The van der Waals surface area contributed by atoms with Gasteiger partial charge in [-0.1, -0.05) is 0 Å². The Morgan fingerprint density at radius 3 is 2.44 bits per heavy atom. The van der Waals surface area contributed by atoms with Crippen molar-refractivity contribution in [1.29, 1.82) is 0 Å². The van der Waals surface area contributed by atoms with E-state index in [-0.39, 0.29) is 24.3 Å². The molecule has 0 unspecified atom stereocenters. The van der Waals surface area contributed by atoms with Gasteiger partial charge in [-0.15, -0.1) is 0 Å². The highest BCUT2D eigenvalue weighted by atomic mass is 16.3. The molecule has 0 spiro atoms. The molecule has 0 saturated heterocycles. The van der Waals surface area contributed by atoms with Gasteiger partial charge < -0.3 is 20.3 Å². The fourth-order valence-corrected chi connectivity index (χ4v) is 4.44. The number of hydrogen-bond donors (Lipinski definition) is 3. The molecule has 180 valence electrons. The lowest BCUT2D eigenvalue weighted by Gasteiger charge is -2.09. The summed E-state index contributed by atoms with van der Waals surface area (Å²) < 4.78 is 3.79. The molecule has 5 aromatic rings. The summed E-state index contributed by atoms with van der Waals surface area (Å²) in [6.07, 6.45) is 5.62.